The maximum Gasteiger partial charge on any atom is 0.350 e. The summed E-state index contributed by atoms with van der Waals surface area (Å²) in [6.07, 6.45) is -1.91. The van der Waals surface area contributed by atoms with Gasteiger partial charge < -0.3 is 18.9 Å². The van der Waals surface area contributed by atoms with Gasteiger partial charge in [0.1, 0.15) is 11.2 Å². The Morgan fingerprint density at radius 2 is 1.00 bits per heavy atom. The number of alkyl halides is 2. The second-order valence-electron chi connectivity index (χ2n) is 8.83. The van der Waals surface area contributed by atoms with Crippen molar-refractivity contribution in [3.8, 4) is 0 Å². The van der Waals surface area contributed by atoms with E-state index in [2.05, 4.69) is 0 Å². The van der Waals surface area contributed by atoms with Crippen molar-refractivity contribution < 1.29 is 36.5 Å². The molecule has 26 heavy (non-hydrogen) atoms. The minimum Gasteiger partial charge on any atom is -0.451 e. The molecule has 0 unspecified atom stereocenters. The first-order valence-corrected chi connectivity index (χ1v) is 8.39. The molecule has 0 bridgehead atoms. The molecule has 4 nitrogen and oxygen atoms in total. The summed E-state index contributed by atoms with van der Waals surface area (Å²) in [5, 5.41) is 0. The average Bonchev–Trinajstić information content (AvgIpc) is 2.66. The Morgan fingerprint density at radius 3 is 1.15 bits per heavy atom. The maximum absolute atomic E-state index is 13.2. The third kappa shape index (κ3) is 4.11. The molecule has 0 aromatic heterocycles. The van der Waals surface area contributed by atoms with E-state index in [-0.39, 0.29) is 0 Å². The molecule has 0 saturated carbocycles. The van der Waals surface area contributed by atoms with Crippen LogP contribution in [-0.2, 0) is 18.9 Å². The topological polar surface area (TPSA) is 36.9 Å². The van der Waals surface area contributed by atoms with E-state index in [1.807, 2.05) is 0 Å². The second kappa shape index (κ2) is 6.26. The number of ether oxygens (including phenoxy) is 4. The van der Waals surface area contributed by atoms with Crippen LogP contribution in [0.25, 0.3) is 0 Å². The highest BCUT2D eigenvalue weighted by molar-refractivity contribution is 5.04. The fourth-order valence-electron chi connectivity index (χ4n) is 2.23. The van der Waals surface area contributed by atoms with Crippen molar-refractivity contribution in [1.29, 1.82) is 0 Å². The zero-order valence-corrected chi connectivity index (χ0v) is 17.1. The summed E-state index contributed by atoms with van der Waals surface area (Å²) >= 11 is 0. The predicted molar refractivity (Wildman–Crippen MR) is 88.9 cm³/mol. The standard InChI is InChI=1S/C10H18F2O2.C8H12F2O2/c1-7(2)8(3,4)14-10(6,13-7)9(5,11)12;1-7(2)8(3,4)12-6(11-7)5(9)10/h1-6H3;1-4H3. The van der Waals surface area contributed by atoms with Gasteiger partial charge in [-0.3, -0.25) is 0 Å². The fraction of sp³-hybridized carbons (Fsp3) is 0.889. The zero-order valence-electron chi connectivity index (χ0n) is 17.1. The number of hydrogen-bond acceptors (Lipinski definition) is 4. The predicted octanol–water partition coefficient (Wildman–Crippen LogP) is 5.62. The van der Waals surface area contributed by atoms with Crippen molar-refractivity contribution in [3.63, 3.8) is 0 Å². The zero-order chi connectivity index (χ0) is 21.0. The van der Waals surface area contributed by atoms with Crippen molar-refractivity contribution >= 4 is 0 Å². The summed E-state index contributed by atoms with van der Waals surface area (Å²) in [5.41, 5.74) is -2.88. The quantitative estimate of drug-likeness (QED) is 0.548. The van der Waals surface area contributed by atoms with E-state index in [4.69, 9.17) is 18.9 Å². The molecule has 0 aromatic rings. The molecule has 0 radical (unpaired) electrons. The summed E-state index contributed by atoms with van der Waals surface area (Å²) in [5.74, 6) is -5.50. The molecule has 2 heterocycles. The van der Waals surface area contributed by atoms with Crippen LogP contribution >= 0.6 is 0 Å². The van der Waals surface area contributed by atoms with Crippen LogP contribution in [-0.4, -0.2) is 34.1 Å². The summed E-state index contributed by atoms with van der Waals surface area (Å²) in [7, 11) is 0. The molecule has 0 atom stereocenters. The van der Waals surface area contributed by atoms with Crippen molar-refractivity contribution in [1.82, 2.24) is 0 Å². The third-order valence-corrected chi connectivity index (χ3v) is 5.45. The molecule has 0 spiro atoms. The first-order valence-electron chi connectivity index (χ1n) is 8.39. The van der Waals surface area contributed by atoms with Crippen LogP contribution in [0.3, 0.4) is 0 Å². The molecular weight excluding hydrogens is 356 g/mol. The van der Waals surface area contributed by atoms with Gasteiger partial charge in [-0.1, -0.05) is 0 Å². The second-order valence-corrected chi connectivity index (χ2v) is 8.83. The highest BCUT2D eigenvalue weighted by atomic mass is 19.3. The molecule has 0 aliphatic carbocycles. The minimum absolute atomic E-state index is 0.648. The number of hydrogen-bond donors (Lipinski definition) is 0. The summed E-state index contributed by atoms with van der Waals surface area (Å²) in [6, 6.07) is 0. The number of halogens is 4. The Bertz CT molecular complexity index is 536. The van der Waals surface area contributed by atoms with Crippen molar-refractivity contribution in [2.24, 2.45) is 0 Å². The molecular formula is C18H30F4O4. The van der Waals surface area contributed by atoms with Crippen LogP contribution in [0, 0.1) is 0 Å². The molecule has 2 aliphatic heterocycles. The van der Waals surface area contributed by atoms with E-state index in [1.165, 1.54) is 6.92 Å². The van der Waals surface area contributed by atoms with Crippen LogP contribution in [0.15, 0.2) is 12.0 Å². The van der Waals surface area contributed by atoms with E-state index in [9.17, 15) is 17.6 Å². The van der Waals surface area contributed by atoms with Gasteiger partial charge >= 0.3 is 12.0 Å². The van der Waals surface area contributed by atoms with Gasteiger partial charge in [0.15, 0.2) is 0 Å². The van der Waals surface area contributed by atoms with Crippen molar-refractivity contribution in [2.75, 3.05) is 0 Å². The van der Waals surface area contributed by atoms with Crippen molar-refractivity contribution in [3.05, 3.63) is 12.0 Å². The largest absolute Gasteiger partial charge is 0.451 e. The normalized spacial score (nSPS) is 27.1. The van der Waals surface area contributed by atoms with E-state index in [0.717, 1.165) is 6.92 Å². The summed E-state index contributed by atoms with van der Waals surface area (Å²) in [6.45, 7) is 16.0. The summed E-state index contributed by atoms with van der Waals surface area (Å²) < 4.78 is 71.2. The Labute approximate surface area is 152 Å². The molecule has 2 aliphatic rings. The van der Waals surface area contributed by atoms with Crippen LogP contribution in [0.4, 0.5) is 17.6 Å². The van der Waals surface area contributed by atoms with Gasteiger partial charge in [-0.05, 0) is 62.3 Å². The highest BCUT2D eigenvalue weighted by Crippen LogP contribution is 2.49. The maximum atomic E-state index is 13.2. The van der Waals surface area contributed by atoms with Gasteiger partial charge in [-0.25, -0.2) is 8.78 Å². The average molecular weight is 386 g/mol. The van der Waals surface area contributed by atoms with Gasteiger partial charge in [-0.2, -0.15) is 8.78 Å². The Morgan fingerprint density at radius 1 is 0.692 bits per heavy atom. The van der Waals surface area contributed by atoms with Gasteiger partial charge in [0.2, 0.25) is 5.79 Å². The van der Waals surface area contributed by atoms with Gasteiger partial charge in [0.25, 0.3) is 5.92 Å². The lowest BCUT2D eigenvalue weighted by Gasteiger charge is -2.30. The molecule has 2 saturated heterocycles. The van der Waals surface area contributed by atoms with Crippen LogP contribution < -0.4 is 0 Å². The first kappa shape index (κ1) is 23.0. The molecule has 8 heteroatoms. The molecule has 154 valence electrons. The smallest absolute Gasteiger partial charge is 0.350 e. The minimum atomic E-state index is -3.02. The SMILES string of the molecule is CC(F)(F)C1(C)OC(C)(C)C(C)(C)O1.CC1(C)OC(=C(F)F)OC1(C)C. The lowest BCUT2D eigenvalue weighted by Crippen LogP contribution is -2.45. The molecule has 0 N–H and O–H groups in total. The van der Waals surface area contributed by atoms with Gasteiger partial charge in [0, 0.05) is 6.92 Å². The first-order chi connectivity index (χ1) is 11.2. The van der Waals surface area contributed by atoms with Crippen molar-refractivity contribution in [2.45, 2.75) is 103 Å². The molecule has 0 aromatic carbocycles. The Hall–Kier alpha value is -1.02. The van der Waals surface area contributed by atoms with E-state index < -0.39 is 46.1 Å². The van der Waals surface area contributed by atoms with E-state index in [0.29, 0.717) is 0 Å². The summed E-state index contributed by atoms with van der Waals surface area (Å²) in [4.78, 5) is 0. The Kier molecular flexibility index (Phi) is 5.54. The Balaban J connectivity index is 0.000000263. The monoisotopic (exact) mass is 386 g/mol. The van der Waals surface area contributed by atoms with Crippen LogP contribution in [0.2, 0.25) is 0 Å². The molecule has 2 rings (SSSR count). The fourth-order valence-corrected chi connectivity index (χ4v) is 2.23. The molecule has 2 fully saturated rings. The third-order valence-electron chi connectivity index (χ3n) is 5.45. The lowest BCUT2D eigenvalue weighted by atomic mass is 9.90. The molecule has 0 amide bonds. The van der Waals surface area contributed by atoms with Crippen LogP contribution in [0.5, 0.6) is 0 Å². The van der Waals surface area contributed by atoms with E-state index >= 15 is 0 Å². The van der Waals surface area contributed by atoms with Gasteiger partial charge in [-0.15, -0.1) is 0 Å². The van der Waals surface area contributed by atoms with E-state index in [1.54, 1.807) is 55.4 Å². The lowest BCUT2D eigenvalue weighted by molar-refractivity contribution is -0.292. The van der Waals surface area contributed by atoms with Crippen LogP contribution in [0.1, 0.15) is 69.2 Å². The highest BCUT2D eigenvalue weighted by Gasteiger charge is 2.63. The number of rotatable bonds is 1. The van der Waals surface area contributed by atoms with Gasteiger partial charge in [0.05, 0.1) is 11.2 Å².